The minimum absolute atomic E-state index is 0.337. The molecule has 0 fully saturated rings. The highest BCUT2D eigenvalue weighted by atomic mass is 32.2. The van der Waals surface area contributed by atoms with Crippen LogP contribution in [0.4, 0.5) is 0 Å². The summed E-state index contributed by atoms with van der Waals surface area (Å²) < 4.78 is 32.6. The van der Waals surface area contributed by atoms with Gasteiger partial charge in [0.1, 0.15) is 0 Å². The van der Waals surface area contributed by atoms with Crippen molar-refractivity contribution in [2.75, 3.05) is 0 Å². The summed E-state index contributed by atoms with van der Waals surface area (Å²) >= 11 is 0. The predicted molar refractivity (Wildman–Crippen MR) is 120 cm³/mol. The molecule has 2 N–H and O–H groups in total. The Balaban J connectivity index is 3.74. The second-order valence-corrected chi connectivity index (χ2v) is 10.2. The molecule has 0 aliphatic heterocycles. The molecule has 5 heteroatoms. The Morgan fingerprint density at radius 3 is 1.39 bits per heavy atom. The molecule has 0 aromatic heterocycles. The minimum Gasteiger partial charge on any atom is -0.393 e. The quantitative estimate of drug-likeness (QED) is 0.154. The summed E-state index contributed by atoms with van der Waals surface area (Å²) in [6.45, 7) is 4.39. The van der Waals surface area contributed by atoms with Gasteiger partial charge in [-0.2, -0.15) is 8.42 Å². The molecule has 0 aliphatic carbocycles. The van der Waals surface area contributed by atoms with Crippen molar-refractivity contribution in [1.82, 2.24) is 0 Å². The maximum Gasteiger partial charge on any atom is 0.267 e. The van der Waals surface area contributed by atoms with E-state index in [0.717, 1.165) is 32.1 Å². The highest BCUT2D eigenvalue weighted by molar-refractivity contribution is 7.86. The smallest absolute Gasteiger partial charge is 0.267 e. The topological polar surface area (TPSA) is 74.6 Å². The molecule has 0 rings (SSSR count). The summed E-state index contributed by atoms with van der Waals surface area (Å²) in [6, 6.07) is 0. The van der Waals surface area contributed by atoms with Crippen molar-refractivity contribution in [3.8, 4) is 0 Å². The molecule has 0 aliphatic rings. The first kappa shape index (κ1) is 27.9. The summed E-state index contributed by atoms with van der Waals surface area (Å²) in [5, 5.41) is 9.47. The molecule has 0 aromatic carbocycles. The third-order valence-electron chi connectivity index (χ3n) is 5.76. The van der Waals surface area contributed by atoms with Crippen LogP contribution in [0.15, 0.2) is 0 Å². The maximum absolute atomic E-state index is 11.6. The van der Waals surface area contributed by atoms with Crippen molar-refractivity contribution in [3.63, 3.8) is 0 Å². The zero-order chi connectivity index (χ0) is 21.1. The standard InChI is InChI=1S/C23H48O4S/c1-3-5-7-9-10-11-12-14-15-18-22(24)19-17-21-23(28(25,26)27)20-16-13-8-6-4-2/h22-24H,3-21H2,1-2H3,(H,25,26,27). The number of aliphatic hydroxyl groups is 1. The van der Waals surface area contributed by atoms with Crippen molar-refractivity contribution in [2.45, 2.75) is 147 Å². The van der Waals surface area contributed by atoms with Crippen LogP contribution in [-0.2, 0) is 10.1 Å². The Kier molecular flexibility index (Phi) is 18.8. The van der Waals surface area contributed by atoms with Gasteiger partial charge in [-0.05, 0) is 32.1 Å². The first-order chi connectivity index (χ1) is 13.4. The molecule has 0 amide bonds. The fraction of sp³-hybridized carbons (Fsp3) is 1.00. The van der Waals surface area contributed by atoms with Crippen molar-refractivity contribution < 1.29 is 18.1 Å². The highest BCUT2D eigenvalue weighted by Gasteiger charge is 2.22. The van der Waals surface area contributed by atoms with E-state index in [1.54, 1.807) is 0 Å². The molecule has 0 saturated heterocycles. The van der Waals surface area contributed by atoms with Crippen LogP contribution in [0.2, 0.25) is 0 Å². The SMILES string of the molecule is CCCCCCCCCCCC(O)CCCC(CCCCCCC)S(=O)(=O)O. The molecule has 0 heterocycles. The van der Waals surface area contributed by atoms with Crippen LogP contribution >= 0.6 is 0 Å². The van der Waals surface area contributed by atoms with Crippen LogP contribution in [-0.4, -0.2) is 29.4 Å². The molecule has 0 bridgehead atoms. The Hall–Kier alpha value is -0.130. The first-order valence-corrected chi connectivity index (χ1v) is 13.6. The van der Waals surface area contributed by atoms with Gasteiger partial charge in [0.25, 0.3) is 10.1 Å². The van der Waals surface area contributed by atoms with E-state index in [9.17, 15) is 18.1 Å². The zero-order valence-electron chi connectivity index (χ0n) is 18.7. The van der Waals surface area contributed by atoms with E-state index < -0.39 is 15.4 Å². The Labute approximate surface area is 175 Å². The fourth-order valence-corrected chi connectivity index (χ4v) is 4.76. The third-order valence-corrected chi connectivity index (χ3v) is 7.07. The number of hydrogen-bond donors (Lipinski definition) is 2. The van der Waals surface area contributed by atoms with Gasteiger partial charge in [-0.25, -0.2) is 0 Å². The lowest BCUT2D eigenvalue weighted by Gasteiger charge is -2.15. The molecule has 4 nitrogen and oxygen atoms in total. The van der Waals surface area contributed by atoms with Gasteiger partial charge in [-0.15, -0.1) is 0 Å². The van der Waals surface area contributed by atoms with Gasteiger partial charge in [-0.1, -0.05) is 104 Å². The number of hydrogen-bond acceptors (Lipinski definition) is 3. The van der Waals surface area contributed by atoms with E-state index in [1.165, 1.54) is 64.2 Å². The summed E-state index contributed by atoms with van der Waals surface area (Å²) in [5.41, 5.74) is 0. The molecule has 28 heavy (non-hydrogen) atoms. The summed E-state index contributed by atoms with van der Waals surface area (Å²) in [5.74, 6) is 0. The van der Waals surface area contributed by atoms with Gasteiger partial charge in [-0.3, -0.25) is 4.55 Å². The number of aliphatic hydroxyl groups excluding tert-OH is 1. The van der Waals surface area contributed by atoms with Crippen molar-refractivity contribution in [2.24, 2.45) is 0 Å². The normalized spacial score (nSPS) is 14.3. The van der Waals surface area contributed by atoms with E-state index in [1.807, 2.05) is 0 Å². The predicted octanol–water partition coefficient (Wildman–Crippen LogP) is 7.06. The van der Waals surface area contributed by atoms with Crippen LogP contribution in [0.25, 0.3) is 0 Å². The number of unbranched alkanes of at least 4 members (excludes halogenated alkanes) is 12. The summed E-state index contributed by atoms with van der Waals surface area (Å²) in [4.78, 5) is 0. The Morgan fingerprint density at radius 1 is 0.571 bits per heavy atom. The second kappa shape index (κ2) is 18.9. The summed E-state index contributed by atoms with van der Waals surface area (Å²) in [6.07, 6.45) is 19.6. The van der Waals surface area contributed by atoms with Crippen molar-refractivity contribution in [1.29, 1.82) is 0 Å². The van der Waals surface area contributed by atoms with Crippen LogP contribution in [0.3, 0.4) is 0 Å². The minimum atomic E-state index is -3.97. The van der Waals surface area contributed by atoms with Gasteiger partial charge in [0.15, 0.2) is 0 Å². The van der Waals surface area contributed by atoms with E-state index in [4.69, 9.17) is 0 Å². The molecule has 2 atom stereocenters. The highest BCUT2D eigenvalue weighted by Crippen LogP contribution is 2.19. The molecule has 0 aromatic rings. The molecule has 0 radical (unpaired) electrons. The van der Waals surface area contributed by atoms with E-state index in [0.29, 0.717) is 25.7 Å². The van der Waals surface area contributed by atoms with Gasteiger partial charge in [0, 0.05) is 0 Å². The largest absolute Gasteiger partial charge is 0.393 e. The molecular weight excluding hydrogens is 372 g/mol. The van der Waals surface area contributed by atoms with Crippen molar-refractivity contribution >= 4 is 10.1 Å². The molecule has 170 valence electrons. The lowest BCUT2D eigenvalue weighted by atomic mass is 10.0. The Bertz CT molecular complexity index is 422. The van der Waals surface area contributed by atoms with Gasteiger partial charge in [0.05, 0.1) is 11.4 Å². The average Bonchev–Trinajstić information content (AvgIpc) is 2.64. The van der Waals surface area contributed by atoms with Crippen LogP contribution in [0.1, 0.15) is 136 Å². The first-order valence-electron chi connectivity index (χ1n) is 12.1. The monoisotopic (exact) mass is 420 g/mol. The molecule has 2 unspecified atom stereocenters. The van der Waals surface area contributed by atoms with Crippen molar-refractivity contribution in [3.05, 3.63) is 0 Å². The molecule has 0 saturated carbocycles. The fourth-order valence-electron chi connectivity index (χ4n) is 3.83. The molecular formula is C23H48O4S. The lowest BCUT2D eigenvalue weighted by Crippen LogP contribution is -2.21. The lowest BCUT2D eigenvalue weighted by molar-refractivity contribution is 0.147. The van der Waals surface area contributed by atoms with Gasteiger partial charge < -0.3 is 5.11 Å². The Morgan fingerprint density at radius 2 is 0.929 bits per heavy atom. The van der Waals surface area contributed by atoms with E-state index >= 15 is 0 Å². The number of rotatable bonds is 21. The van der Waals surface area contributed by atoms with Crippen LogP contribution in [0, 0.1) is 0 Å². The molecule has 0 spiro atoms. The maximum atomic E-state index is 11.6. The van der Waals surface area contributed by atoms with Crippen LogP contribution < -0.4 is 0 Å². The zero-order valence-corrected chi connectivity index (χ0v) is 19.5. The summed E-state index contributed by atoms with van der Waals surface area (Å²) in [7, 11) is -3.97. The van der Waals surface area contributed by atoms with Gasteiger partial charge >= 0.3 is 0 Å². The van der Waals surface area contributed by atoms with E-state index in [2.05, 4.69) is 13.8 Å². The second-order valence-electron chi connectivity index (χ2n) is 8.54. The third kappa shape index (κ3) is 17.9. The average molecular weight is 421 g/mol. The van der Waals surface area contributed by atoms with Gasteiger partial charge in [0.2, 0.25) is 0 Å². The van der Waals surface area contributed by atoms with E-state index in [-0.39, 0.29) is 6.10 Å². The van der Waals surface area contributed by atoms with Crippen LogP contribution in [0.5, 0.6) is 0 Å².